The number of anilines is 1. The third-order valence-corrected chi connectivity index (χ3v) is 2.38. The number of benzene rings is 1. The van der Waals surface area contributed by atoms with Crippen molar-refractivity contribution >= 4 is 40.6 Å². The molecule has 0 bridgehead atoms. The standard InChI is InChI=1S/C12H16IN3O/c1-5-14-11-6-9(2)10(7-12(11)17-4)15-8-16(3)13/h5-8,14H,1H2,2-4H3/b15-8+. The second-order valence-electron chi connectivity index (χ2n) is 3.46. The molecule has 0 fully saturated rings. The van der Waals surface area contributed by atoms with Crippen molar-refractivity contribution < 1.29 is 4.74 Å². The summed E-state index contributed by atoms with van der Waals surface area (Å²) in [6, 6.07) is 3.89. The number of hydrogen-bond donors (Lipinski definition) is 1. The molecule has 5 heteroatoms. The molecule has 0 heterocycles. The monoisotopic (exact) mass is 345 g/mol. The number of halogens is 1. The molecular weight excluding hydrogens is 329 g/mol. The zero-order valence-electron chi connectivity index (χ0n) is 10.2. The number of rotatable bonds is 5. The van der Waals surface area contributed by atoms with Gasteiger partial charge in [-0.25, -0.2) is 4.99 Å². The molecule has 0 saturated carbocycles. The first kappa shape index (κ1) is 13.8. The van der Waals surface area contributed by atoms with Crippen molar-refractivity contribution in [3.05, 3.63) is 30.5 Å². The summed E-state index contributed by atoms with van der Waals surface area (Å²) in [6.07, 6.45) is 3.38. The van der Waals surface area contributed by atoms with Gasteiger partial charge in [0.2, 0.25) is 0 Å². The van der Waals surface area contributed by atoms with Crippen molar-refractivity contribution in [2.75, 3.05) is 19.5 Å². The molecule has 0 saturated heterocycles. The number of hydrogen-bond acceptors (Lipinski definition) is 3. The molecule has 0 unspecified atom stereocenters. The quantitative estimate of drug-likeness (QED) is 0.384. The summed E-state index contributed by atoms with van der Waals surface area (Å²) in [5, 5.41) is 3.04. The minimum atomic E-state index is 0.749. The van der Waals surface area contributed by atoms with E-state index in [1.165, 1.54) is 0 Å². The van der Waals surface area contributed by atoms with Crippen molar-refractivity contribution in [2.45, 2.75) is 6.92 Å². The van der Waals surface area contributed by atoms with Crippen LogP contribution in [-0.4, -0.2) is 23.6 Å². The zero-order valence-corrected chi connectivity index (χ0v) is 12.4. The Labute approximate surface area is 116 Å². The van der Waals surface area contributed by atoms with E-state index in [9.17, 15) is 0 Å². The summed E-state index contributed by atoms with van der Waals surface area (Å²) in [5.74, 6) is 0.749. The third-order valence-electron chi connectivity index (χ3n) is 2.13. The van der Waals surface area contributed by atoms with Crippen LogP contribution in [0.15, 0.2) is 29.9 Å². The van der Waals surface area contributed by atoms with Crippen LogP contribution in [-0.2, 0) is 0 Å². The molecule has 1 aromatic rings. The SMILES string of the molecule is C=CNc1cc(C)c(/N=C/N(C)I)cc1OC. The predicted molar refractivity (Wildman–Crippen MR) is 81.5 cm³/mol. The fourth-order valence-corrected chi connectivity index (χ4v) is 1.47. The van der Waals surface area contributed by atoms with E-state index < -0.39 is 0 Å². The summed E-state index contributed by atoms with van der Waals surface area (Å²) >= 11 is 2.15. The van der Waals surface area contributed by atoms with Crippen LogP contribution < -0.4 is 10.1 Å². The van der Waals surface area contributed by atoms with Crippen LogP contribution in [0.1, 0.15) is 5.56 Å². The van der Waals surface area contributed by atoms with Gasteiger partial charge in [0.15, 0.2) is 0 Å². The predicted octanol–water partition coefficient (Wildman–Crippen LogP) is 3.50. The molecule has 0 spiro atoms. The average Bonchev–Trinajstić information content (AvgIpc) is 2.28. The first-order valence-electron chi connectivity index (χ1n) is 5.07. The Bertz CT molecular complexity index is 430. The van der Waals surface area contributed by atoms with Gasteiger partial charge in [0.1, 0.15) is 5.75 Å². The van der Waals surface area contributed by atoms with Gasteiger partial charge in [0.05, 0.1) is 47.7 Å². The van der Waals surface area contributed by atoms with Gasteiger partial charge >= 0.3 is 0 Å². The minimum Gasteiger partial charge on any atom is -0.494 e. The maximum atomic E-state index is 5.30. The largest absolute Gasteiger partial charge is 0.494 e. The van der Waals surface area contributed by atoms with Crippen molar-refractivity contribution in [2.24, 2.45) is 4.99 Å². The van der Waals surface area contributed by atoms with Crippen LogP contribution in [0.3, 0.4) is 0 Å². The van der Waals surface area contributed by atoms with Gasteiger partial charge in [0.25, 0.3) is 0 Å². The molecule has 92 valence electrons. The number of aliphatic imine (C=N–C) groups is 1. The van der Waals surface area contributed by atoms with Crippen LogP contribution in [0.2, 0.25) is 0 Å². The van der Waals surface area contributed by atoms with Crippen LogP contribution in [0.25, 0.3) is 0 Å². The van der Waals surface area contributed by atoms with Crippen LogP contribution in [0.4, 0.5) is 11.4 Å². The van der Waals surface area contributed by atoms with E-state index in [0.29, 0.717) is 0 Å². The maximum absolute atomic E-state index is 5.30. The molecule has 1 rings (SSSR count). The molecule has 1 N–H and O–H groups in total. The van der Waals surface area contributed by atoms with Crippen LogP contribution in [0.5, 0.6) is 5.75 Å². The average molecular weight is 345 g/mol. The van der Waals surface area contributed by atoms with Gasteiger partial charge in [-0.1, -0.05) is 6.58 Å². The van der Waals surface area contributed by atoms with Gasteiger partial charge in [-0.05, 0) is 24.8 Å². The highest BCUT2D eigenvalue weighted by Crippen LogP contribution is 2.32. The summed E-state index contributed by atoms with van der Waals surface area (Å²) in [4.78, 5) is 4.37. The highest BCUT2D eigenvalue weighted by Gasteiger charge is 2.06. The van der Waals surface area contributed by atoms with E-state index in [1.807, 2.05) is 29.2 Å². The Hall–Kier alpha value is -1.24. The lowest BCUT2D eigenvalue weighted by Gasteiger charge is -2.11. The molecule has 0 amide bonds. The minimum absolute atomic E-state index is 0.749. The molecule has 17 heavy (non-hydrogen) atoms. The molecule has 0 radical (unpaired) electrons. The van der Waals surface area contributed by atoms with Crippen molar-refractivity contribution in [1.82, 2.24) is 3.11 Å². The molecule has 0 aromatic heterocycles. The Kier molecular flexibility index (Phi) is 5.27. The smallest absolute Gasteiger partial charge is 0.144 e. The molecule has 0 aliphatic rings. The van der Waals surface area contributed by atoms with Crippen molar-refractivity contribution in [1.29, 1.82) is 0 Å². The van der Waals surface area contributed by atoms with E-state index in [1.54, 1.807) is 19.6 Å². The highest BCUT2D eigenvalue weighted by molar-refractivity contribution is 14.1. The van der Waals surface area contributed by atoms with Gasteiger partial charge in [-0.15, -0.1) is 0 Å². The summed E-state index contributed by atoms with van der Waals surface area (Å²) in [7, 11) is 3.56. The third kappa shape index (κ3) is 3.92. The number of nitrogens with zero attached hydrogens (tertiary/aromatic N) is 2. The Balaban J connectivity index is 3.12. The number of methoxy groups -OCH3 is 1. The second-order valence-corrected chi connectivity index (χ2v) is 4.98. The molecule has 0 aliphatic carbocycles. The normalized spacial score (nSPS) is 10.4. The van der Waals surface area contributed by atoms with Gasteiger partial charge in [-0.2, -0.15) is 0 Å². The second kappa shape index (κ2) is 6.48. The van der Waals surface area contributed by atoms with E-state index in [4.69, 9.17) is 4.74 Å². The van der Waals surface area contributed by atoms with Crippen LogP contribution in [0, 0.1) is 6.92 Å². The van der Waals surface area contributed by atoms with E-state index in [2.05, 4.69) is 39.8 Å². The van der Waals surface area contributed by atoms with Gasteiger partial charge in [0, 0.05) is 13.1 Å². The molecule has 4 nitrogen and oxygen atoms in total. The fourth-order valence-electron chi connectivity index (χ4n) is 1.35. The lowest BCUT2D eigenvalue weighted by atomic mass is 10.1. The molecule has 0 atom stereocenters. The summed E-state index contributed by atoms with van der Waals surface area (Å²) in [5.41, 5.74) is 2.85. The number of ether oxygens (including phenoxy) is 1. The molecule has 0 aliphatic heterocycles. The first-order valence-corrected chi connectivity index (χ1v) is 6.04. The molecule has 1 aromatic carbocycles. The highest BCUT2D eigenvalue weighted by atomic mass is 127. The molecular formula is C12H16IN3O. The number of nitrogens with one attached hydrogen (secondary N) is 1. The zero-order chi connectivity index (χ0) is 12.8. The van der Waals surface area contributed by atoms with Crippen molar-refractivity contribution in [3.8, 4) is 5.75 Å². The number of aryl methyl sites for hydroxylation is 1. The van der Waals surface area contributed by atoms with Gasteiger partial charge < -0.3 is 13.2 Å². The first-order chi connectivity index (χ1) is 8.08. The lowest BCUT2D eigenvalue weighted by Crippen LogP contribution is -1.98. The van der Waals surface area contributed by atoms with E-state index in [0.717, 1.165) is 22.7 Å². The Morgan fingerprint density at radius 2 is 2.24 bits per heavy atom. The fraction of sp³-hybridized carbons (Fsp3) is 0.250. The maximum Gasteiger partial charge on any atom is 0.144 e. The topological polar surface area (TPSA) is 36.9 Å². The Morgan fingerprint density at radius 1 is 1.53 bits per heavy atom. The lowest BCUT2D eigenvalue weighted by molar-refractivity contribution is 0.417. The Morgan fingerprint density at radius 3 is 2.76 bits per heavy atom. The summed E-state index contributed by atoms with van der Waals surface area (Å²) in [6.45, 7) is 5.65. The summed E-state index contributed by atoms with van der Waals surface area (Å²) < 4.78 is 7.16. The van der Waals surface area contributed by atoms with Crippen LogP contribution >= 0.6 is 22.9 Å². The van der Waals surface area contributed by atoms with Gasteiger partial charge in [-0.3, -0.25) is 0 Å². The van der Waals surface area contributed by atoms with E-state index in [-0.39, 0.29) is 0 Å². The van der Waals surface area contributed by atoms with Crippen molar-refractivity contribution in [3.63, 3.8) is 0 Å². The van der Waals surface area contributed by atoms with E-state index >= 15 is 0 Å².